The van der Waals surface area contributed by atoms with Crippen molar-refractivity contribution in [3.63, 3.8) is 0 Å². The number of halogens is 1. The third-order valence-electron chi connectivity index (χ3n) is 5.15. The second kappa shape index (κ2) is 7.37. The van der Waals surface area contributed by atoms with Crippen molar-refractivity contribution in [2.75, 3.05) is 22.9 Å². The fourth-order valence-electron chi connectivity index (χ4n) is 3.65. The van der Waals surface area contributed by atoms with Gasteiger partial charge in [-0.2, -0.15) is 15.2 Å². The summed E-state index contributed by atoms with van der Waals surface area (Å²) in [7, 11) is 0. The highest BCUT2D eigenvalue weighted by Gasteiger charge is 2.30. The van der Waals surface area contributed by atoms with Crippen LogP contribution >= 0.6 is 11.6 Å². The summed E-state index contributed by atoms with van der Waals surface area (Å²) in [5, 5.41) is 10.2. The lowest BCUT2D eigenvalue weighted by atomic mass is 10.1. The summed E-state index contributed by atoms with van der Waals surface area (Å²) in [6.45, 7) is 0.429. The van der Waals surface area contributed by atoms with Gasteiger partial charge >= 0.3 is 0 Å². The highest BCUT2D eigenvalue weighted by atomic mass is 35.5. The van der Waals surface area contributed by atoms with Gasteiger partial charge in [0, 0.05) is 6.54 Å². The van der Waals surface area contributed by atoms with Crippen LogP contribution in [0.1, 0.15) is 11.4 Å². The van der Waals surface area contributed by atoms with Crippen LogP contribution in [0.5, 0.6) is 0 Å². The molecule has 5 rings (SSSR count). The number of nitrogens with two attached hydrogens (primary N) is 2. The van der Waals surface area contributed by atoms with Crippen molar-refractivity contribution in [1.29, 1.82) is 5.26 Å². The number of hydrogen-bond acceptors (Lipinski definition) is 8. The molecule has 0 saturated heterocycles. The fourth-order valence-corrected chi connectivity index (χ4v) is 3.90. The quantitative estimate of drug-likeness (QED) is 0.493. The van der Waals surface area contributed by atoms with Gasteiger partial charge in [0.05, 0.1) is 27.3 Å². The predicted molar refractivity (Wildman–Crippen MR) is 123 cm³/mol. The van der Waals surface area contributed by atoms with Gasteiger partial charge in [-0.1, -0.05) is 35.9 Å². The van der Waals surface area contributed by atoms with E-state index in [9.17, 15) is 10.1 Å². The summed E-state index contributed by atoms with van der Waals surface area (Å²) in [6, 6.07) is 16.3. The van der Waals surface area contributed by atoms with E-state index in [0.717, 1.165) is 0 Å². The lowest BCUT2D eigenvalue weighted by molar-refractivity contribution is 0.883. The number of anilines is 3. The first-order valence-electron chi connectivity index (χ1n) is 9.57. The monoisotopic (exact) mass is 442 g/mol. The molecule has 156 valence electrons. The van der Waals surface area contributed by atoms with E-state index in [1.54, 1.807) is 35.2 Å². The Labute approximate surface area is 186 Å². The topological polar surface area (TPSA) is 140 Å². The molecule has 0 amide bonds. The largest absolute Gasteiger partial charge is 0.382 e. The molecular formula is C22H15ClN8O. The van der Waals surface area contributed by atoms with Gasteiger partial charge in [-0.3, -0.25) is 9.36 Å². The molecule has 0 radical (unpaired) electrons. The van der Waals surface area contributed by atoms with E-state index in [4.69, 9.17) is 28.1 Å². The van der Waals surface area contributed by atoms with Crippen LogP contribution in [-0.4, -0.2) is 26.1 Å². The molecule has 0 fully saturated rings. The molecule has 0 saturated carbocycles. The van der Waals surface area contributed by atoms with E-state index < -0.39 is 0 Å². The second-order valence-electron chi connectivity index (χ2n) is 7.02. The fraction of sp³-hybridized carbons (Fsp3) is 0.0455. The number of nitrogen functional groups attached to an aromatic ring is 2. The maximum atomic E-state index is 13.6. The Morgan fingerprint density at radius 1 is 1.03 bits per heavy atom. The molecule has 0 spiro atoms. The first kappa shape index (κ1) is 19.5. The number of nitrogens with zero attached hydrogens (tertiary/aromatic N) is 6. The molecule has 3 heterocycles. The maximum Gasteiger partial charge on any atom is 0.267 e. The van der Waals surface area contributed by atoms with E-state index in [2.05, 4.69) is 9.97 Å². The zero-order valence-electron chi connectivity index (χ0n) is 16.5. The van der Waals surface area contributed by atoms with E-state index in [0.29, 0.717) is 39.7 Å². The van der Waals surface area contributed by atoms with Gasteiger partial charge in [0.2, 0.25) is 5.95 Å². The smallest absolute Gasteiger partial charge is 0.267 e. The zero-order chi connectivity index (χ0) is 22.4. The summed E-state index contributed by atoms with van der Waals surface area (Å²) in [5.41, 5.74) is 13.1. The van der Waals surface area contributed by atoms with Crippen molar-refractivity contribution >= 4 is 45.8 Å². The maximum absolute atomic E-state index is 13.6. The summed E-state index contributed by atoms with van der Waals surface area (Å²) >= 11 is 6.34. The van der Waals surface area contributed by atoms with Gasteiger partial charge < -0.3 is 16.4 Å². The number of nitriles is 1. The van der Waals surface area contributed by atoms with Crippen LogP contribution in [0.25, 0.3) is 22.3 Å². The number of fused-ring (bicyclic) bond motifs is 1. The second-order valence-corrected chi connectivity index (χ2v) is 7.43. The molecule has 10 heteroatoms. The standard InChI is InChI=1S/C22H15ClN8O/c23-14-7-4-8-15-17(14)21(32)31(12-5-2-1-3-6-12)20(27-15)16-9-10-30(16)19-13(11-24)18(25)28-22(26)29-19/h1-9H,10H2,(H4,25,26,28,29). The summed E-state index contributed by atoms with van der Waals surface area (Å²) < 4.78 is 1.49. The lowest BCUT2D eigenvalue weighted by Gasteiger charge is -2.34. The SMILES string of the molecule is N#Cc1c(N)nc(N)nc1N1CC=C1c1nc2cccc(Cl)c2c(=O)n1-c1ccccc1. The minimum Gasteiger partial charge on any atom is -0.382 e. The molecule has 0 atom stereocenters. The average molecular weight is 443 g/mol. The number of hydrogen-bond donors (Lipinski definition) is 2. The number of benzene rings is 2. The summed E-state index contributed by atoms with van der Waals surface area (Å²) in [6.07, 6.45) is 1.88. The number of aromatic nitrogens is 4. The normalized spacial score (nSPS) is 12.9. The van der Waals surface area contributed by atoms with Crippen molar-refractivity contribution in [2.45, 2.75) is 0 Å². The molecule has 0 aliphatic carbocycles. The van der Waals surface area contributed by atoms with Crippen molar-refractivity contribution in [3.05, 3.63) is 81.4 Å². The molecule has 1 aliphatic heterocycles. The molecule has 4 aromatic rings. The summed E-state index contributed by atoms with van der Waals surface area (Å²) in [4.78, 5) is 28.1. The van der Waals surface area contributed by atoms with Crippen LogP contribution in [-0.2, 0) is 0 Å². The van der Waals surface area contributed by atoms with E-state index in [1.165, 1.54) is 4.57 Å². The van der Waals surface area contributed by atoms with Gasteiger partial charge in [0.1, 0.15) is 17.5 Å². The number of rotatable bonds is 3. The molecule has 2 aromatic carbocycles. The van der Waals surface area contributed by atoms with Crippen LogP contribution in [0.4, 0.5) is 17.6 Å². The molecule has 32 heavy (non-hydrogen) atoms. The van der Waals surface area contributed by atoms with E-state index in [-0.39, 0.29) is 28.7 Å². The molecule has 2 aromatic heterocycles. The van der Waals surface area contributed by atoms with Crippen LogP contribution in [0.3, 0.4) is 0 Å². The minimum atomic E-state index is -0.309. The lowest BCUT2D eigenvalue weighted by Crippen LogP contribution is -2.36. The first-order chi connectivity index (χ1) is 15.5. The first-order valence-corrected chi connectivity index (χ1v) is 9.95. The van der Waals surface area contributed by atoms with Crippen molar-refractivity contribution in [3.8, 4) is 11.8 Å². The Kier molecular flexibility index (Phi) is 4.50. The summed E-state index contributed by atoms with van der Waals surface area (Å²) in [5.74, 6) is 0.568. The Balaban J connectivity index is 1.78. The van der Waals surface area contributed by atoms with Gasteiger partial charge in [-0.25, -0.2) is 4.98 Å². The van der Waals surface area contributed by atoms with Gasteiger partial charge in [0.15, 0.2) is 11.6 Å². The Morgan fingerprint density at radius 2 is 1.81 bits per heavy atom. The highest BCUT2D eigenvalue weighted by Crippen LogP contribution is 2.35. The molecular weight excluding hydrogens is 428 g/mol. The van der Waals surface area contributed by atoms with Crippen molar-refractivity contribution in [2.24, 2.45) is 0 Å². The van der Waals surface area contributed by atoms with Gasteiger partial charge in [-0.05, 0) is 30.3 Å². The third kappa shape index (κ3) is 2.93. The third-order valence-corrected chi connectivity index (χ3v) is 5.47. The van der Waals surface area contributed by atoms with Crippen molar-refractivity contribution < 1.29 is 0 Å². The molecule has 0 unspecified atom stereocenters. The van der Waals surface area contributed by atoms with E-state index in [1.807, 2.05) is 30.3 Å². The Morgan fingerprint density at radius 3 is 2.50 bits per heavy atom. The van der Waals surface area contributed by atoms with Crippen LogP contribution in [0, 0.1) is 11.3 Å². The van der Waals surface area contributed by atoms with Gasteiger partial charge in [0.25, 0.3) is 5.56 Å². The number of para-hydroxylation sites is 1. The minimum absolute atomic E-state index is 0.0139. The van der Waals surface area contributed by atoms with Crippen LogP contribution in [0.15, 0.2) is 59.4 Å². The molecule has 0 bridgehead atoms. The molecule has 9 nitrogen and oxygen atoms in total. The molecule has 4 N–H and O–H groups in total. The zero-order valence-corrected chi connectivity index (χ0v) is 17.3. The average Bonchev–Trinajstić information content (AvgIpc) is 2.73. The Bertz CT molecular complexity index is 1520. The Hall–Kier alpha value is -4.42. The molecule has 1 aliphatic rings. The highest BCUT2D eigenvalue weighted by molar-refractivity contribution is 6.35. The van der Waals surface area contributed by atoms with Crippen LogP contribution in [0.2, 0.25) is 5.02 Å². The van der Waals surface area contributed by atoms with E-state index >= 15 is 0 Å². The van der Waals surface area contributed by atoms with Crippen molar-refractivity contribution in [1.82, 2.24) is 19.5 Å². The van der Waals surface area contributed by atoms with Gasteiger partial charge in [-0.15, -0.1) is 0 Å². The van der Waals surface area contributed by atoms with Crippen LogP contribution < -0.4 is 21.9 Å². The predicted octanol–water partition coefficient (Wildman–Crippen LogP) is 2.73.